The van der Waals surface area contributed by atoms with Gasteiger partial charge in [0.1, 0.15) is 11.2 Å². The number of nitrogens with zero attached hydrogens (tertiary/aromatic N) is 3. The summed E-state index contributed by atoms with van der Waals surface area (Å²) in [5.41, 5.74) is 11.4. The zero-order chi connectivity index (χ0) is 42.8. The highest BCUT2D eigenvalue weighted by Crippen LogP contribution is 2.45. The number of hydrogen-bond donors (Lipinski definition) is 0. The summed E-state index contributed by atoms with van der Waals surface area (Å²) in [4.78, 5) is 14.8. The van der Waals surface area contributed by atoms with Crippen molar-refractivity contribution in [2.45, 2.75) is 0 Å². The fraction of sp³-hybridized carbons (Fsp3) is 0. The maximum Gasteiger partial charge on any atom is 0.164 e. The van der Waals surface area contributed by atoms with Crippen LogP contribution < -0.4 is 0 Å². The molecule has 302 valence electrons. The molecule has 0 amide bonds. The van der Waals surface area contributed by atoms with Gasteiger partial charge in [-0.2, -0.15) is 0 Å². The third kappa shape index (κ3) is 6.18. The zero-order valence-corrected chi connectivity index (χ0v) is 35.1. The van der Waals surface area contributed by atoms with Gasteiger partial charge in [-0.1, -0.05) is 200 Å². The quantitative estimate of drug-likeness (QED) is 0.157. The van der Waals surface area contributed by atoms with Crippen molar-refractivity contribution < 1.29 is 4.42 Å². The second kappa shape index (κ2) is 15.0. The molecule has 0 aliphatic carbocycles. The monoisotopic (exact) mass is 827 g/mol. The maximum absolute atomic E-state index is 6.83. The van der Waals surface area contributed by atoms with Crippen LogP contribution in [0.5, 0.6) is 0 Å². The molecule has 4 heteroatoms. The van der Waals surface area contributed by atoms with Gasteiger partial charge >= 0.3 is 0 Å². The Morgan fingerprint density at radius 3 is 1.32 bits per heavy atom. The molecule has 65 heavy (non-hydrogen) atoms. The molecular weight excluding hydrogens is 791 g/mol. The molecule has 0 fully saturated rings. The van der Waals surface area contributed by atoms with Crippen LogP contribution in [0.25, 0.3) is 133 Å². The van der Waals surface area contributed by atoms with Gasteiger partial charge < -0.3 is 4.42 Å². The van der Waals surface area contributed by atoms with Gasteiger partial charge in [0, 0.05) is 32.8 Å². The molecule has 2 aromatic heterocycles. The maximum atomic E-state index is 6.83. The predicted octanol–water partition coefficient (Wildman–Crippen LogP) is 16.4. The standard InChI is InChI=1S/C61H37N3O/c1-3-15-39(16-4-1)59-62-60(40-17-5-2-6-18-40)64-61(63-59)41-31-29-38(30-32-41)42-19-13-20-43(35-42)53-37-55-57-45(27-14-28-56(57)65-58(55)52-26-12-11-25-50(52)53)44-33-34-51-48-23-8-7-21-46(48)47-22-9-10-24-49(47)54(51)36-44/h1-37H. The van der Waals surface area contributed by atoms with E-state index in [4.69, 9.17) is 19.4 Å². The SMILES string of the molecule is c1ccc(-c2nc(-c3ccccc3)nc(-c3ccc(-c4cccc(-c5cc6c(oc7cccc(-c8ccc9c%10ccccc%10c%10ccccc%10c9c8)c76)c6ccccc56)c4)cc3)n2)cc1. The Labute approximate surface area is 374 Å². The molecule has 0 spiro atoms. The highest BCUT2D eigenvalue weighted by molar-refractivity contribution is 6.27. The van der Waals surface area contributed by atoms with Gasteiger partial charge in [0.05, 0.1) is 0 Å². The summed E-state index contributed by atoms with van der Waals surface area (Å²) < 4.78 is 6.83. The zero-order valence-electron chi connectivity index (χ0n) is 35.1. The summed E-state index contributed by atoms with van der Waals surface area (Å²) in [7, 11) is 0. The van der Waals surface area contributed by atoms with E-state index in [9.17, 15) is 0 Å². The molecule has 13 aromatic rings. The van der Waals surface area contributed by atoms with E-state index in [1.807, 2.05) is 60.7 Å². The average Bonchev–Trinajstić information content (AvgIpc) is 3.78. The van der Waals surface area contributed by atoms with Crippen LogP contribution in [0.3, 0.4) is 0 Å². The molecule has 2 heterocycles. The van der Waals surface area contributed by atoms with Crippen LogP contribution in [0, 0.1) is 0 Å². The van der Waals surface area contributed by atoms with Crippen molar-refractivity contribution in [1.29, 1.82) is 0 Å². The van der Waals surface area contributed by atoms with Gasteiger partial charge in [-0.3, -0.25) is 0 Å². The minimum absolute atomic E-state index is 0.634. The Balaban J connectivity index is 0.925. The number of aromatic nitrogens is 3. The largest absolute Gasteiger partial charge is 0.455 e. The van der Waals surface area contributed by atoms with Crippen LogP contribution in [-0.4, -0.2) is 15.0 Å². The molecule has 0 aliphatic heterocycles. The lowest BCUT2D eigenvalue weighted by Crippen LogP contribution is -2.00. The smallest absolute Gasteiger partial charge is 0.164 e. The molecule has 4 nitrogen and oxygen atoms in total. The first-order valence-corrected chi connectivity index (χ1v) is 22.0. The molecule has 11 aromatic carbocycles. The minimum Gasteiger partial charge on any atom is -0.455 e. The minimum atomic E-state index is 0.634. The van der Waals surface area contributed by atoms with Crippen molar-refractivity contribution in [2.24, 2.45) is 0 Å². The number of benzene rings is 11. The van der Waals surface area contributed by atoms with Crippen molar-refractivity contribution in [3.8, 4) is 67.5 Å². The highest BCUT2D eigenvalue weighted by Gasteiger charge is 2.19. The van der Waals surface area contributed by atoms with Crippen LogP contribution in [0.15, 0.2) is 229 Å². The summed E-state index contributed by atoms with van der Waals surface area (Å²) >= 11 is 0. The van der Waals surface area contributed by atoms with Gasteiger partial charge in [0.15, 0.2) is 17.5 Å². The lowest BCUT2D eigenvalue weighted by molar-refractivity contribution is 0.673. The Hall–Kier alpha value is -8.73. The number of hydrogen-bond acceptors (Lipinski definition) is 4. The Kier molecular flexibility index (Phi) is 8.50. The molecule has 0 saturated heterocycles. The van der Waals surface area contributed by atoms with Crippen molar-refractivity contribution >= 4 is 65.0 Å². The van der Waals surface area contributed by atoms with Crippen molar-refractivity contribution in [1.82, 2.24) is 15.0 Å². The van der Waals surface area contributed by atoms with Crippen LogP contribution in [-0.2, 0) is 0 Å². The molecule has 0 bridgehead atoms. The predicted molar refractivity (Wildman–Crippen MR) is 270 cm³/mol. The summed E-state index contributed by atoms with van der Waals surface area (Å²) in [6, 6.07) is 79.5. The van der Waals surface area contributed by atoms with Crippen LogP contribution >= 0.6 is 0 Å². The van der Waals surface area contributed by atoms with E-state index in [0.717, 1.165) is 82.8 Å². The third-order valence-corrected chi connectivity index (χ3v) is 12.9. The van der Waals surface area contributed by atoms with Crippen molar-refractivity contribution in [3.63, 3.8) is 0 Å². The van der Waals surface area contributed by atoms with Crippen molar-refractivity contribution in [3.05, 3.63) is 224 Å². The molecule has 0 atom stereocenters. The van der Waals surface area contributed by atoms with Crippen LogP contribution in [0.1, 0.15) is 0 Å². The van der Waals surface area contributed by atoms with Crippen LogP contribution in [0.4, 0.5) is 0 Å². The average molecular weight is 828 g/mol. The Morgan fingerprint density at radius 2 is 0.692 bits per heavy atom. The van der Waals surface area contributed by atoms with Gasteiger partial charge in [0.2, 0.25) is 0 Å². The van der Waals surface area contributed by atoms with E-state index in [1.165, 1.54) is 32.3 Å². The summed E-state index contributed by atoms with van der Waals surface area (Å²) in [6.07, 6.45) is 0. The van der Waals surface area contributed by atoms with Crippen LogP contribution in [0.2, 0.25) is 0 Å². The molecule has 0 aliphatic rings. The molecule has 13 rings (SSSR count). The van der Waals surface area contributed by atoms with Gasteiger partial charge in [-0.05, 0) is 95.3 Å². The Morgan fingerprint density at radius 1 is 0.246 bits per heavy atom. The molecule has 0 radical (unpaired) electrons. The molecule has 0 N–H and O–H groups in total. The third-order valence-electron chi connectivity index (χ3n) is 12.9. The normalized spacial score (nSPS) is 11.7. The second-order valence-electron chi connectivity index (χ2n) is 16.7. The first kappa shape index (κ1) is 36.9. The van der Waals surface area contributed by atoms with E-state index in [-0.39, 0.29) is 0 Å². The summed E-state index contributed by atoms with van der Waals surface area (Å²) in [5, 5.41) is 12.1. The molecular formula is C61H37N3O. The van der Waals surface area contributed by atoms with E-state index in [1.54, 1.807) is 0 Å². The van der Waals surface area contributed by atoms with E-state index >= 15 is 0 Å². The first-order chi connectivity index (χ1) is 32.2. The van der Waals surface area contributed by atoms with E-state index in [2.05, 4.69) is 164 Å². The highest BCUT2D eigenvalue weighted by atomic mass is 16.3. The lowest BCUT2D eigenvalue weighted by atomic mass is 9.90. The number of rotatable bonds is 6. The van der Waals surface area contributed by atoms with Gasteiger partial charge in [-0.25, -0.2) is 15.0 Å². The fourth-order valence-corrected chi connectivity index (χ4v) is 9.82. The van der Waals surface area contributed by atoms with E-state index in [0.29, 0.717) is 17.5 Å². The molecule has 0 unspecified atom stereocenters. The first-order valence-electron chi connectivity index (χ1n) is 22.0. The summed E-state index contributed by atoms with van der Waals surface area (Å²) in [5.74, 6) is 1.93. The van der Waals surface area contributed by atoms with Gasteiger partial charge in [-0.15, -0.1) is 0 Å². The fourth-order valence-electron chi connectivity index (χ4n) is 9.82. The Bertz CT molecular complexity index is 3890. The van der Waals surface area contributed by atoms with Gasteiger partial charge in [0.25, 0.3) is 0 Å². The van der Waals surface area contributed by atoms with E-state index < -0.39 is 0 Å². The number of furan rings is 1. The second-order valence-corrected chi connectivity index (χ2v) is 16.7. The number of fused-ring (bicyclic) bond motifs is 11. The van der Waals surface area contributed by atoms with Crippen molar-refractivity contribution in [2.75, 3.05) is 0 Å². The topological polar surface area (TPSA) is 51.8 Å². The lowest BCUT2D eigenvalue weighted by Gasteiger charge is -2.13. The summed E-state index contributed by atoms with van der Waals surface area (Å²) in [6.45, 7) is 0. The molecule has 0 saturated carbocycles.